The molecule has 9 heteroatoms. The number of aromatic nitrogens is 2. The molecule has 1 atom stereocenters. The van der Waals surface area contributed by atoms with Crippen LogP contribution < -0.4 is 10.1 Å². The highest BCUT2D eigenvalue weighted by Gasteiger charge is 2.24. The van der Waals surface area contributed by atoms with E-state index in [-0.39, 0.29) is 30.4 Å². The average molecular weight is 473 g/mol. The highest BCUT2D eigenvalue weighted by Crippen LogP contribution is 2.23. The van der Waals surface area contributed by atoms with Crippen molar-refractivity contribution >= 4 is 35.2 Å². The molecule has 2 heterocycles. The van der Waals surface area contributed by atoms with Crippen molar-refractivity contribution in [3.8, 4) is 5.88 Å². The van der Waals surface area contributed by atoms with E-state index in [0.29, 0.717) is 41.8 Å². The minimum absolute atomic E-state index is 0.146. The Bertz CT molecular complexity index is 1040. The van der Waals surface area contributed by atoms with E-state index in [2.05, 4.69) is 15.3 Å². The van der Waals surface area contributed by atoms with Crippen LogP contribution in [0.25, 0.3) is 6.08 Å². The summed E-state index contributed by atoms with van der Waals surface area (Å²) < 4.78 is 11.6. The summed E-state index contributed by atoms with van der Waals surface area (Å²) in [6.07, 6.45) is 2.89. The predicted octanol–water partition coefficient (Wildman–Crippen LogP) is 3.84. The number of halogens is 1. The Morgan fingerprint density at radius 2 is 2.12 bits per heavy atom. The molecule has 0 aliphatic carbocycles. The maximum atomic E-state index is 12.8. The van der Waals surface area contributed by atoms with E-state index >= 15 is 0 Å². The van der Waals surface area contributed by atoms with Crippen LogP contribution >= 0.6 is 11.6 Å². The predicted molar refractivity (Wildman–Crippen MR) is 127 cm³/mol. The molecular formula is C24H29ClN4O4. The zero-order chi connectivity index (χ0) is 24.0. The van der Waals surface area contributed by atoms with Gasteiger partial charge in [0.2, 0.25) is 17.7 Å². The number of nitrogens with zero attached hydrogens (tertiary/aromatic N) is 3. The number of amides is 2. The van der Waals surface area contributed by atoms with Gasteiger partial charge in [0, 0.05) is 47.9 Å². The second-order valence-electron chi connectivity index (χ2n) is 8.19. The van der Waals surface area contributed by atoms with Gasteiger partial charge in [0.15, 0.2) is 0 Å². The number of hydrogen-bond donors (Lipinski definition) is 1. The third-order valence-corrected chi connectivity index (χ3v) is 5.20. The lowest BCUT2D eigenvalue weighted by Crippen LogP contribution is -2.47. The summed E-state index contributed by atoms with van der Waals surface area (Å²) in [5.74, 6) is 1.08. The maximum absolute atomic E-state index is 12.8. The molecule has 0 radical (unpaired) electrons. The van der Waals surface area contributed by atoms with Crippen molar-refractivity contribution in [2.75, 3.05) is 31.6 Å². The van der Waals surface area contributed by atoms with E-state index < -0.39 is 0 Å². The van der Waals surface area contributed by atoms with Crippen LogP contribution in [0, 0.1) is 6.92 Å². The highest BCUT2D eigenvalue weighted by atomic mass is 35.5. The number of carbonyl (C=O) groups excluding carboxylic acids is 2. The van der Waals surface area contributed by atoms with Gasteiger partial charge in [0.25, 0.3) is 0 Å². The molecule has 1 aromatic heterocycles. The number of ether oxygens (including phenoxy) is 2. The zero-order valence-electron chi connectivity index (χ0n) is 19.3. The maximum Gasteiger partial charge on any atom is 0.246 e. The molecule has 1 fully saturated rings. The van der Waals surface area contributed by atoms with Crippen molar-refractivity contribution in [2.45, 2.75) is 39.7 Å². The first-order valence-electron chi connectivity index (χ1n) is 10.9. The van der Waals surface area contributed by atoms with Gasteiger partial charge in [-0.05, 0) is 30.7 Å². The normalized spacial score (nSPS) is 16.3. The third-order valence-electron chi connectivity index (χ3n) is 4.96. The SMILES string of the molecule is CC(=O)Nc1cc(Cl)ccc1/C=C/C(=O)N1CCOC(COc2cc(C)nc(C(C)C)n2)C1. The van der Waals surface area contributed by atoms with Gasteiger partial charge >= 0.3 is 0 Å². The minimum Gasteiger partial charge on any atom is -0.475 e. The van der Waals surface area contributed by atoms with Crippen LogP contribution in [0.1, 0.15) is 43.8 Å². The van der Waals surface area contributed by atoms with Crippen LogP contribution in [-0.2, 0) is 14.3 Å². The molecular weight excluding hydrogens is 444 g/mol. The third kappa shape index (κ3) is 7.27. The van der Waals surface area contributed by atoms with Crippen LogP contribution in [0.3, 0.4) is 0 Å². The number of hydrogen-bond acceptors (Lipinski definition) is 6. The van der Waals surface area contributed by atoms with Gasteiger partial charge in [-0.25, -0.2) is 4.98 Å². The van der Waals surface area contributed by atoms with E-state index in [1.54, 1.807) is 35.2 Å². The fourth-order valence-corrected chi connectivity index (χ4v) is 3.50. The molecule has 2 amide bonds. The Morgan fingerprint density at radius 3 is 2.85 bits per heavy atom. The van der Waals surface area contributed by atoms with E-state index in [1.807, 2.05) is 20.8 Å². The molecule has 1 aliphatic heterocycles. The monoisotopic (exact) mass is 472 g/mol. The molecule has 0 bridgehead atoms. The van der Waals surface area contributed by atoms with Gasteiger partial charge in [-0.2, -0.15) is 4.98 Å². The van der Waals surface area contributed by atoms with Crippen LogP contribution in [-0.4, -0.2) is 59.1 Å². The number of carbonyl (C=O) groups is 2. The Balaban J connectivity index is 1.60. The topological polar surface area (TPSA) is 93.7 Å². The number of aryl methyl sites for hydroxylation is 1. The molecule has 1 saturated heterocycles. The van der Waals surface area contributed by atoms with Crippen molar-refractivity contribution in [3.63, 3.8) is 0 Å². The molecule has 1 unspecified atom stereocenters. The molecule has 1 N–H and O–H groups in total. The van der Waals surface area contributed by atoms with E-state index in [1.165, 1.54) is 13.0 Å². The summed E-state index contributed by atoms with van der Waals surface area (Å²) >= 11 is 6.02. The summed E-state index contributed by atoms with van der Waals surface area (Å²) in [6.45, 7) is 8.99. The van der Waals surface area contributed by atoms with Gasteiger partial charge in [-0.3, -0.25) is 9.59 Å². The van der Waals surface area contributed by atoms with E-state index in [9.17, 15) is 9.59 Å². The van der Waals surface area contributed by atoms with Gasteiger partial charge in [-0.1, -0.05) is 31.5 Å². The summed E-state index contributed by atoms with van der Waals surface area (Å²) in [5, 5.41) is 3.22. The Morgan fingerprint density at radius 1 is 1.33 bits per heavy atom. The smallest absolute Gasteiger partial charge is 0.246 e. The number of nitrogens with one attached hydrogen (secondary N) is 1. The van der Waals surface area contributed by atoms with Crippen molar-refractivity contribution < 1.29 is 19.1 Å². The summed E-state index contributed by atoms with van der Waals surface area (Å²) in [4.78, 5) is 34.8. The highest BCUT2D eigenvalue weighted by molar-refractivity contribution is 6.31. The first-order chi connectivity index (χ1) is 15.7. The van der Waals surface area contributed by atoms with Crippen molar-refractivity contribution in [3.05, 3.63) is 52.4 Å². The number of anilines is 1. The van der Waals surface area contributed by atoms with Crippen molar-refractivity contribution in [1.29, 1.82) is 0 Å². The van der Waals surface area contributed by atoms with Gasteiger partial charge in [0.1, 0.15) is 18.5 Å². The standard InChI is InChI=1S/C24H29ClN4O4/c1-15(2)24-26-16(3)11-22(28-24)33-14-20-13-29(9-10-32-20)23(31)8-6-18-5-7-19(25)12-21(18)27-17(4)30/h5-8,11-12,15,20H,9-10,13-14H2,1-4H3,(H,27,30)/b8-6+. The average Bonchev–Trinajstić information content (AvgIpc) is 2.76. The molecule has 3 rings (SSSR count). The zero-order valence-corrected chi connectivity index (χ0v) is 20.1. The molecule has 176 valence electrons. The van der Waals surface area contributed by atoms with Gasteiger partial charge < -0.3 is 19.7 Å². The number of benzene rings is 1. The lowest BCUT2D eigenvalue weighted by Gasteiger charge is -2.32. The lowest BCUT2D eigenvalue weighted by molar-refractivity contribution is -0.134. The Labute approximate surface area is 199 Å². The van der Waals surface area contributed by atoms with E-state index in [4.69, 9.17) is 21.1 Å². The largest absolute Gasteiger partial charge is 0.475 e. The molecule has 1 aromatic carbocycles. The first-order valence-corrected chi connectivity index (χ1v) is 11.2. The Hall–Kier alpha value is -2.97. The summed E-state index contributed by atoms with van der Waals surface area (Å²) in [6, 6.07) is 6.90. The summed E-state index contributed by atoms with van der Waals surface area (Å²) in [7, 11) is 0. The molecule has 0 spiro atoms. The van der Waals surface area contributed by atoms with Gasteiger partial charge in [0.05, 0.1) is 13.2 Å². The molecule has 2 aromatic rings. The fourth-order valence-electron chi connectivity index (χ4n) is 3.33. The number of rotatable bonds is 7. The van der Waals surface area contributed by atoms with Crippen molar-refractivity contribution in [1.82, 2.24) is 14.9 Å². The second kappa shape index (κ2) is 11.2. The molecule has 0 saturated carbocycles. The molecule has 8 nitrogen and oxygen atoms in total. The van der Waals surface area contributed by atoms with Crippen molar-refractivity contribution in [2.24, 2.45) is 0 Å². The molecule has 1 aliphatic rings. The molecule has 33 heavy (non-hydrogen) atoms. The number of morpholine rings is 1. The fraction of sp³-hybridized carbons (Fsp3) is 0.417. The summed E-state index contributed by atoms with van der Waals surface area (Å²) in [5.41, 5.74) is 2.08. The van der Waals surface area contributed by atoms with Crippen LogP contribution in [0.4, 0.5) is 5.69 Å². The minimum atomic E-state index is -0.264. The lowest BCUT2D eigenvalue weighted by atomic mass is 10.1. The van der Waals surface area contributed by atoms with E-state index in [0.717, 1.165) is 11.5 Å². The van der Waals surface area contributed by atoms with Crippen LogP contribution in [0.2, 0.25) is 5.02 Å². The first kappa shape index (κ1) is 24.7. The van der Waals surface area contributed by atoms with Crippen LogP contribution in [0.5, 0.6) is 5.88 Å². The quantitative estimate of drug-likeness (QED) is 0.615. The van der Waals surface area contributed by atoms with Crippen LogP contribution in [0.15, 0.2) is 30.3 Å². The van der Waals surface area contributed by atoms with Gasteiger partial charge in [-0.15, -0.1) is 0 Å². The Kier molecular flexibility index (Phi) is 8.41. The second-order valence-corrected chi connectivity index (χ2v) is 8.63.